The quantitative estimate of drug-likeness (QED) is 0.750. The fourth-order valence-corrected chi connectivity index (χ4v) is 2.50. The van der Waals surface area contributed by atoms with Crippen molar-refractivity contribution in [3.05, 3.63) is 34.9 Å². The second kappa shape index (κ2) is 8.57. The van der Waals surface area contributed by atoms with Crippen LogP contribution in [0.25, 0.3) is 0 Å². The predicted molar refractivity (Wildman–Crippen MR) is 82.6 cm³/mol. The summed E-state index contributed by atoms with van der Waals surface area (Å²) in [6.45, 7) is 6.73. The van der Waals surface area contributed by atoms with Crippen LogP contribution < -0.4 is 5.32 Å². The lowest BCUT2D eigenvalue weighted by atomic mass is 9.98. The van der Waals surface area contributed by atoms with Gasteiger partial charge in [-0.05, 0) is 36.5 Å². The summed E-state index contributed by atoms with van der Waals surface area (Å²) in [6.07, 6.45) is 3.17. The minimum Gasteiger partial charge on any atom is -0.395 e. The van der Waals surface area contributed by atoms with Gasteiger partial charge in [0, 0.05) is 17.1 Å². The molecule has 0 aliphatic carbocycles. The van der Waals surface area contributed by atoms with Crippen molar-refractivity contribution in [3.63, 3.8) is 0 Å². The number of halogens is 1. The van der Waals surface area contributed by atoms with Gasteiger partial charge in [-0.3, -0.25) is 0 Å². The summed E-state index contributed by atoms with van der Waals surface area (Å²) in [5, 5.41) is 13.8. The molecule has 2 atom stereocenters. The van der Waals surface area contributed by atoms with Crippen molar-refractivity contribution in [1.82, 2.24) is 5.32 Å². The molecule has 1 aromatic rings. The zero-order valence-corrected chi connectivity index (χ0v) is 13.0. The van der Waals surface area contributed by atoms with Crippen LogP contribution in [-0.2, 0) is 0 Å². The van der Waals surface area contributed by atoms with E-state index in [4.69, 9.17) is 11.6 Å². The molecule has 0 fully saturated rings. The van der Waals surface area contributed by atoms with E-state index >= 15 is 0 Å². The number of hydrogen-bond acceptors (Lipinski definition) is 2. The minimum atomic E-state index is 0.159. The van der Waals surface area contributed by atoms with Gasteiger partial charge in [-0.15, -0.1) is 0 Å². The van der Waals surface area contributed by atoms with Crippen LogP contribution in [0.1, 0.15) is 51.6 Å². The Morgan fingerprint density at radius 2 is 1.84 bits per heavy atom. The molecule has 0 amide bonds. The van der Waals surface area contributed by atoms with Crippen molar-refractivity contribution >= 4 is 11.6 Å². The summed E-state index contributed by atoms with van der Waals surface area (Å²) in [4.78, 5) is 0. The summed E-state index contributed by atoms with van der Waals surface area (Å²) >= 11 is 5.93. The molecule has 1 aromatic carbocycles. The largest absolute Gasteiger partial charge is 0.395 e. The van der Waals surface area contributed by atoms with Gasteiger partial charge < -0.3 is 10.4 Å². The number of aliphatic hydroxyl groups is 1. The van der Waals surface area contributed by atoms with E-state index in [0.29, 0.717) is 5.92 Å². The molecule has 19 heavy (non-hydrogen) atoms. The van der Waals surface area contributed by atoms with E-state index in [0.717, 1.165) is 24.3 Å². The van der Waals surface area contributed by atoms with Crippen LogP contribution in [0.2, 0.25) is 5.02 Å². The highest BCUT2D eigenvalue weighted by atomic mass is 35.5. The zero-order valence-electron chi connectivity index (χ0n) is 12.2. The van der Waals surface area contributed by atoms with Crippen molar-refractivity contribution < 1.29 is 5.11 Å². The lowest BCUT2D eigenvalue weighted by molar-refractivity contribution is 0.210. The highest BCUT2D eigenvalue weighted by Crippen LogP contribution is 2.22. The van der Waals surface area contributed by atoms with E-state index in [1.165, 1.54) is 5.56 Å². The standard InChI is InChI=1S/C16H26ClNO/c1-4-5-16(13-6-8-14(17)9-7-13)18-15(11-19)10-12(2)3/h6-9,12,15-16,18-19H,4-5,10-11H2,1-3H3. The summed E-state index contributed by atoms with van der Waals surface area (Å²) in [5.74, 6) is 0.581. The van der Waals surface area contributed by atoms with E-state index < -0.39 is 0 Å². The van der Waals surface area contributed by atoms with Gasteiger partial charge >= 0.3 is 0 Å². The van der Waals surface area contributed by atoms with Gasteiger partial charge in [0.05, 0.1) is 6.61 Å². The van der Waals surface area contributed by atoms with Crippen molar-refractivity contribution in [2.45, 2.75) is 52.1 Å². The van der Waals surface area contributed by atoms with Gasteiger partial charge in [-0.2, -0.15) is 0 Å². The normalized spacial score (nSPS) is 14.6. The first kappa shape index (κ1) is 16.5. The number of nitrogens with one attached hydrogen (secondary N) is 1. The molecular formula is C16H26ClNO. The minimum absolute atomic E-state index is 0.159. The summed E-state index contributed by atoms with van der Waals surface area (Å²) in [6, 6.07) is 8.44. The number of rotatable bonds is 8. The van der Waals surface area contributed by atoms with Crippen LogP contribution >= 0.6 is 11.6 Å². The second-order valence-electron chi connectivity index (χ2n) is 5.57. The van der Waals surface area contributed by atoms with E-state index in [2.05, 4.69) is 38.2 Å². The molecule has 0 bridgehead atoms. The molecule has 0 radical (unpaired) electrons. The summed E-state index contributed by atoms with van der Waals surface area (Å²) in [5.41, 5.74) is 1.24. The van der Waals surface area contributed by atoms with Gasteiger partial charge in [0.2, 0.25) is 0 Å². The Labute approximate surface area is 122 Å². The Hall–Kier alpha value is -0.570. The van der Waals surface area contributed by atoms with Crippen LogP contribution in [0.3, 0.4) is 0 Å². The molecule has 2 N–H and O–H groups in total. The maximum Gasteiger partial charge on any atom is 0.0584 e. The molecule has 0 saturated carbocycles. The smallest absolute Gasteiger partial charge is 0.0584 e. The van der Waals surface area contributed by atoms with Crippen LogP contribution in [-0.4, -0.2) is 17.8 Å². The molecule has 3 heteroatoms. The molecule has 0 aliphatic heterocycles. The monoisotopic (exact) mass is 283 g/mol. The molecule has 1 rings (SSSR count). The lowest BCUT2D eigenvalue weighted by Gasteiger charge is -2.26. The van der Waals surface area contributed by atoms with Gasteiger partial charge in [0.25, 0.3) is 0 Å². The second-order valence-corrected chi connectivity index (χ2v) is 6.00. The first-order valence-corrected chi connectivity index (χ1v) is 7.57. The average molecular weight is 284 g/mol. The van der Waals surface area contributed by atoms with Crippen LogP contribution in [0.15, 0.2) is 24.3 Å². The SMILES string of the molecule is CCCC(NC(CO)CC(C)C)c1ccc(Cl)cc1. The van der Waals surface area contributed by atoms with Crippen molar-refractivity contribution in [2.75, 3.05) is 6.61 Å². The highest BCUT2D eigenvalue weighted by molar-refractivity contribution is 6.30. The number of hydrogen-bond donors (Lipinski definition) is 2. The number of aliphatic hydroxyl groups excluding tert-OH is 1. The fourth-order valence-electron chi connectivity index (χ4n) is 2.38. The first-order chi connectivity index (χ1) is 9.06. The van der Waals surface area contributed by atoms with Crippen LogP contribution in [0.4, 0.5) is 0 Å². The van der Waals surface area contributed by atoms with Crippen molar-refractivity contribution in [1.29, 1.82) is 0 Å². The molecular weight excluding hydrogens is 258 g/mol. The van der Waals surface area contributed by atoms with Crippen LogP contribution in [0, 0.1) is 5.92 Å². The molecule has 0 aromatic heterocycles. The predicted octanol–water partition coefficient (Wildman–Crippen LogP) is 4.18. The molecule has 0 heterocycles. The van der Waals surface area contributed by atoms with Crippen LogP contribution in [0.5, 0.6) is 0 Å². The van der Waals surface area contributed by atoms with E-state index in [-0.39, 0.29) is 18.7 Å². The first-order valence-electron chi connectivity index (χ1n) is 7.19. The fraction of sp³-hybridized carbons (Fsp3) is 0.625. The van der Waals surface area contributed by atoms with Crippen molar-refractivity contribution in [3.8, 4) is 0 Å². The molecule has 2 unspecified atom stereocenters. The molecule has 108 valence electrons. The van der Waals surface area contributed by atoms with E-state index in [1.807, 2.05) is 12.1 Å². The Bertz CT molecular complexity index is 350. The summed E-state index contributed by atoms with van der Waals surface area (Å²) < 4.78 is 0. The van der Waals surface area contributed by atoms with Crippen molar-refractivity contribution in [2.24, 2.45) is 5.92 Å². The molecule has 0 aliphatic rings. The third-order valence-electron chi connectivity index (χ3n) is 3.26. The summed E-state index contributed by atoms with van der Waals surface area (Å²) in [7, 11) is 0. The highest BCUT2D eigenvalue weighted by Gasteiger charge is 2.16. The molecule has 0 saturated heterocycles. The van der Waals surface area contributed by atoms with Gasteiger partial charge in [-0.25, -0.2) is 0 Å². The van der Waals surface area contributed by atoms with Gasteiger partial charge in [-0.1, -0.05) is 50.9 Å². The zero-order chi connectivity index (χ0) is 14.3. The Morgan fingerprint density at radius 1 is 1.21 bits per heavy atom. The van der Waals surface area contributed by atoms with E-state index in [1.54, 1.807) is 0 Å². The third-order valence-corrected chi connectivity index (χ3v) is 3.51. The average Bonchev–Trinajstić information content (AvgIpc) is 2.37. The van der Waals surface area contributed by atoms with Gasteiger partial charge in [0.1, 0.15) is 0 Å². The van der Waals surface area contributed by atoms with Gasteiger partial charge in [0.15, 0.2) is 0 Å². The third kappa shape index (κ3) is 5.94. The Balaban J connectivity index is 2.73. The molecule has 0 spiro atoms. The number of benzene rings is 1. The Morgan fingerprint density at radius 3 is 2.32 bits per heavy atom. The Kier molecular flexibility index (Phi) is 7.44. The molecule has 2 nitrogen and oxygen atoms in total. The maximum atomic E-state index is 9.50. The lowest BCUT2D eigenvalue weighted by Crippen LogP contribution is -2.36. The topological polar surface area (TPSA) is 32.3 Å². The van der Waals surface area contributed by atoms with E-state index in [9.17, 15) is 5.11 Å². The maximum absolute atomic E-state index is 9.50.